The largest absolute Gasteiger partial charge is 0.507 e. The first-order chi connectivity index (χ1) is 9.04. The highest BCUT2D eigenvalue weighted by Crippen LogP contribution is 2.34. The summed E-state index contributed by atoms with van der Waals surface area (Å²) in [6, 6.07) is 9.03. The first-order valence-corrected chi connectivity index (χ1v) is 6.29. The molecule has 0 aliphatic heterocycles. The summed E-state index contributed by atoms with van der Waals surface area (Å²) in [6.07, 6.45) is 0. The fraction of sp³-hybridized carbons (Fsp3) is 0.133. The molecule has 3 aromatic rings. The van der Waals surface area contributed by atoms with Gasteiger partial charge in [0.15, 0.2) is 5.58 Å². The zero-order chi connectivity index (χ0) is 13.6. The number of hydrogen-bond donors (Lipinski definition) is 1. The standard InChI is InChI=1S/C15H12ClNO2/c1-8-5-9(2)14(18)11(6-8)15-17-12-7-10(16)3-4-13(12)19-15/h3-7,18H,1-2H3. The lowest BCUT2D eigenvalue weighted by Crippen LogP contribution is -1.85. The Labute approximate surface area is 115 Å². The number of phenolic OH excluding ortho intramolecular Hbond substituents is 1. The van der Waals surface area contributed by atoms with Crippen LogP contribution in [0.3, 0.4) is 0 Å². The van der Waals surface area contributed by atoms with Crippen molar-refractivity contribution in [3.05, 3.63) is 46.5 Å². The molecular weight excluding hydrogens is 262 g/mol. The molecule has 0 aliphatic rings. The maximum absolute atomic E-state index is 10.1. The van der Waals surface area contributed by atoms with Gasteiger partial charge in [0.05, 0.1) is 5.56 Å². The van der Waals surface area contributed by atoms with Gasteiger partial charge >= 0.3 is 0 Å². The number of aromatic hydroxyl groups is 1. The number of phenols is 1. The van der Waals surface area contributed by atoms with Crippen molar-refractivity contribution in [2.45, 2.75) is 13.8 Å². The van der Waals surface area contributed by atoms with E-state index in [-0.39, 0.29) is 5.75 Å². The second-order valence-electron chi connectivity index (χ2n) is 4.61. The SMILES string of the molecule is Cc1cc(C)c(O)c(-c2nc3cc(Cl)ccc3o2)c1. The lowest BCUT2D eigenvalue weighted by molar-refractivity contribution is 0.470. The highest BCUT2D eigenvalue weighted by molar-refractivity contribution is 6.31. The van der Waals surface area contributed by atoms with Crippen LogP contribution in [0.5, 0.6) is 5.75 Å². The van der Waals surface area contributed by atoms with E-state index >= 15 is 0 Å². The molecule has 96 valence electrons. The number of aryl methyl sites for hydroxylation is 2. The van der Waals surface area contributed by atoms with Gasteiger partial charge in [0.25, 0.3) is 0 Å². The van der Waals surface area contributed by atoms with E-state index in [1.165, 1.54) is 0 Å². The number of oxazole rings is 1. The second kappa shape index (κ2) is 4.28. The van der Waals surface area contributed by atoms with Crippen LogP contribution in [-0.2, 0) is 0 Å². The van der Waals surface area contributed by atoms with Gasteiger partial charge in [-0.1, -0.05) is 17.7 Å². The topological polar surface area (TPSA) is 46.3 Å². The first kappa shape index (κ1) is 12.1. The highest BCUT2D eigenvalue weighted by Gasteiger charge is 2.14. The number of hydrogen-bond acceptors (Lipinski definition) is 3. The maximum Gasteiger partial charge on any atom is 0.231 e. The minimum absolute atomic E-state index is 0.197. The molecule has 0 saturated carbocycles. The van der Waals surface area contributed by atoms with Crippen molar-refractivity contribution in [3.63, 3.8) is 0 Å². The number of halogens is 1. The van der Waals surface area contributed by atoms with Gasteiger partial charge in [-0.25, -0.2) is 4.98 Å². The third-order valence-electron chi connectivity index (χ3n) is 3.02. The quantitative estimate of drug-likeness (QED) is 0.711. The third kappa shape index (κ3) is 2.06. The van der Waals surface area contributed by atoms with Crippen LogP contribution in [-0.4, -0.2) is 10.1 Å². The minimum atomic E-state index is 0.197. The summed E-state index contributed by atoms with van der Waals surface area (Å²) in [4.78, 5) is 4.38. The third-order valence-corrected chi connectivity index (χ3v) is 3.26. The van der Waals surface area contributed by atoms with Crippen molar-refractivity contribution in [2.75, 3.05) is 0 Å². The predicted octanol–water partition coefficient (Wildman–Crippen LogP) is 4.47. The van der Waals surface area contributed by atoms with Crippen LogP contribution in [0.25, 0.3) is 22.6 Å². The van der Waals surface area contributed by atoms with Crippen LogP contribution in [0.2, 0.25) is 5.02 Å². The van der Waals surface area contributed by atoms with Gasteiger partial charge in [0, 0.05) is 5.02 Å². The predicted molar refractivity (Wildman–Crippen MR) is 75.6 cm³/mol. The molecule has 3 rings (SSSR count). The normalized spacial score (nSPS) is 11.1. The lowest BCUT2D eigenvalue weighted by Gasteiger charge is -2.05. The number of fused-ring (bicyclic) bond motifs is 1. The Morgan fingerprint density at radius 1 is 1.16 bits per heavy atom. The van der Waals surface area contributed by atoms with Crippen LogP contribution in [0, 0.1) is 13.8 Å². The number of aromatic nitrogens is 1. The average molecular weight is 274 g/mol. The summed E-state index contributed by atoms with van der Waals surface area (Å²) >= 11 is 5.92. The zero-order valence-electron chi connectivity index (χ0n) is 10.6. The smallest absolute Gasteiger partial charge is 0.231 e. The van der Waals surface area contributed by atoms with E-state index in [0.717, 1.165) is 11.1 Å². The molecule has 0 unspecified atom stereocenters. The van der Waals surface area contributed by atoms with E-state index < -0.39 is 0 Å². The van der Waals surface area contributed by atoms with Gasteiger partial charge in [0.1, 0.15) is 11.3 Å². The molecule has 0 fully saturated rings. The van der Waals surface area contributed by atoms with Gasteiger partial charge in [-0.15, -0.1) is 0 Å². The molecule has 3 nitrogen and oxygen atoms in total. The Hall–Kier alpha value is -2.00. The highest BCUT2D eigenvalue weighted by atomic mass is 35.5. The number of benzene rings is 2. The van der Waals surface area contributed by atoms with Crippen LogP contribution < -0.4 is 0 Å². The Morgan fingerprint density at radius 3 is 2.74 bits per heavy atom. The van der Waals surface area contributed by atoms with Crippen LogP contribution in [0.4, 0.5) is 0 Å². The van der Waals surface area contributed by atoms with Crippen LogP contribution in [0.1, 0.15) is 11.1 Å². The van der Waals surface area contributed by atoms with Crippen molar-refractivity contribution in [1.82, 2.24) is 4.98 Å². The van der Waals surface area contributed by atoms with Gasteiger partial charge in [-0.3, -0.25) is 0 Å². The van der Waals surface area contributed by atoms with Crippen LogP contribution in [0.15, 0.2) is 34.7 Å². The molecule has 4 heteroatoms. The molecule has 0 saturated heterocycles. The number of nitrogens with zero attached hydrogens (tertiary/aromatic N) is 1. The van der Waals surface area contributed by atoms with Crippen molar-refractivity contribution in [1.29, 1.82) is 0 Å². The van der Waals surface area contributed by atoms with E-state index in [9.17, 15) is 5.11 Å². The Kier molecular flexibility index (Phi) is 2.72. The molecule has 0 aliphatic carbocycles. The molecule has 0 atom stereocenters. The molecule has 19 heavy (non-hydrogen) atoms. The van der Waals surface area contributed by atoms with E-state index in [0.29, 0.717) is 27.6 Å². The lowest BCUT2D eigenvalue weighted by atomic mass is 10.1. The van der Waals surface area contributed by atoms with Crippen molar-refractivity contribution in [3.8, 4) is 17.2 Å². The summed E-state index contributed by atoms with van der Waals surface area (Å²) < 4.78 is 5.67. The molecule has 1 N–H and O–H groups in total. The van der Waals surface area contributed by atoms with Gasteiger partial charge in [0.2, 0.25) is 5.89 Å². The minimum Gasteiger partial charge on any atom is -0.507 e. The monoisotopic (exact) mass is 273 g/mol. The molecule has 0 radical (unpaired) electrons. The summed E-state index contributed by atoms with van der Waals surface area (Å²) in [5, 5.41) is 10.7. The van der Waals surface area contributed by atoms with E-state index in [4.69, 9.17) is 16.0 Å². The molecule has 0 amide bonds. The van der Waals surface area contributed by atoms with Crippen molar-refractivity contribution in [2.24, 2.45) is 0 Å². The van der Waals surface area contributed by atoms with Crippen LogP contribution >= 0.6 is 11.6 Å². The van der Waals surface area contributed by atoms with Gasteiger partial charge in [-0.2, -0.15) is 0 Å². The van der Waals surface area contributed by atoms with Crippen molar-refractivity contribution < 1.29 is 9.52 Å². The zero-order valence-corrected chi connectivity index (χ0v) is 11.3. The van der Waals surface area contributed by atoms with E-state index in [2.05, 4.69) is 4.98 Å². The molecule has 2 aromatic carbocycles. The molecule has 0 bridgehead atoms. The Bertz CT molecular complexity index is 777. The summed E-state index contributed by atoms with van der Waals surface area (Å²) in [5.41, 5.74) is 3.78. The van der Waals surface area contributed by atoms with Crippen molar-refractivity contribution >= 4 is 22.7 Å². The Balaban J connectivity index is 2.24. The summed E-state index contributed by atoms with van der Waals surface area (Å²) in [6.45, 7) is 3.82. The summed E-state index contributed by atoms with van der Waals surface area (Å²) in [7, 11) is 0. The molecule has 1 aromatic heterocycles. The second-order valence-corrected chi connectivity index (χ2v) is 5.05. The van der Waals surface area contributed by atoms with E-state index in [1.54, 1.807) is 18.2 Å². The number of rotatable bonds is 1. The van der Waals surface area contributed by atoms with Gasteiger partial charge in [-0.05, 0) is 49.2 Å². The molecule has 0 spiro atoms. The first-order valence-electron chi connectivity index (χ1n) is 5.91. The summed E-state index contributed by atoms with van der Waals surface area (Å²) in [5.74, 6) is 0.602. The molecule has 1 heterocycles. The fourth-order valence-electron chi connectivity index (χ4n) is 2.14. The Morgan fingerprint density at radius 2 is 1.95 bits per heavy atom. The van der Waals surface area contributed by atoms with E-state index in [1.807, 2.05) is 26.0 Å². The average Bonchev–Trinajstić information content (AvgIpc) is 2.76. The molecular formula is C15H12ClNO2. The maximum atomic E-state index is 10.1. The van der Waals surface area contributed by atoms with Gasteiger partial charge < -0.3 is 9.52 Å². The fourth-order valence-corrected chi connectivity index (χ4v) is 2.31.